The van der Waals surface area contributed by atoms with E-state index in [1.807, 2.05) is 12.1 Å². The highest BCUT2D eigenvalue weighted by molar-refractivity contribution is 5.64. The first-order valence-corrected chi connectivity index (χ1v) is 5.91. The second-order valence-corrected chi connectivity index (χ2v) is 4.52. The molecular formula is C14H11F3N2. The molecule has 1 aliphatic heterocycles. The molecule has 0 aliphatic carbocycles. The Hall–Kier alpha value is -2.04. The van der Waals surface area contributed by atoms with Gasteiger partial charge in [0.1, 0.15) is 0 Å². The summed E-state index contributed by atoms with van der Waals surface area (Å²) in [7, 11) is 0. The SMILES string of the molecule is FC(F)(F)c1cccc2c1NC(c1ccncc1)C2. The molecule has 1 aliphatic rings. The number of para-hydroxylation sites is 1. The van der Waals surface area contributed by atoms with Crippen molar-refractivity contribution in [2.75, 3.05) is 5.32 Å². The lowest BCUT2D eigenvalue weighted by molar-refractivity contribution is -0.136. The van der Waals surface area contributed by atoms with Crippen LogP contribution in [0.3, 0.4) is 0 Å². The molecule has 0 fully saturated rings. The monoisotopic (exact) mass is 264 g/mol. The summed E-state index contributed by atoms with van der Waals surface area (Å²) < 4.78 is 38.8. The van der Waals surface area contributed by atoms with Gasteiger partial charge in [-0.1, -0.05) is 12.1 Å². The molecule has 0 saturated carbocycles. The van der Waals surface area contributed by atoms with Crippen LogP contribution >= 0.6 is 0 Å². The van der Waals surface area contributed by atoms with E-state index >= 15 is 0 Å². The molecule has 1 atom stereocenters. The van der Waals surface area contributed by atoms with Crippen molar-refractivity contribution >= 4 is 5.69 Å². The van der Waals surface area contributed by atoms with Crippen LogP contribution in [0.4, 0.5) is 18.9 Å². The van der Waals surface area contributed by atoms with Crippen LogP contribution in [0.1, 0.15) is 22.7 Å². The Morgan fingerprint density at radius 2 is 1.84 bits per heavy atom. The van der Waals surface area contributed by atoms with Crippen LogP contribution in [0.2, 0.25) is 0 Å². The van der Waals surface area contributed by atoms with Gasteiger partial charge in [-0.05, 0) is 35.7 Å². The minimum absolute atomic E-state index is 0.124. The van der Waals surface area contributed by atoms with Crippen molar-refractivity contribution in [1.82, 2.24) is 4.98 Å². The van der Waals surface area contributed by atoms with Gasteiger partial charge >= 0.3 is 6.18 Å². The number of rotatable bonds is 1. The molecule has 0 bridgehead atoms. The van der Waals surface area contributed by atoms with Gasteiger partial charge in [0.05, 0.1) is 17.3 Å². The maximum atomic E-state index is 12.9. The Morgan fingerprint density at radius 1 is 1.11 bits per heavy atom. The molecule has 1 aromatic heterocycles. The number of fused-ring (bicyclic) bond motifs is 1. The van der Waals surface area contributed by atoms with Crippen LogP contribution < -0.4 is 5.32 Å². The van der Waals surface area contributed by atoms with Crippen molar-refractivity contribution in [2.24, 2.45) is 0 Å². The Morgan fingerprint density at radius 3 is 2.53 bits per heavy atom. The number of halogens is 3. The van der Waals surface area contributed by atoms with E-state index in [0.717, 1.165) is 11.6 Å². The summed E-state index contributed by atoms with van der Waals surface area (Å²) >= 11 is 0. The van der Waals surface area contributed by atoms with Gasteiger partial charge in [-0.15, -0.1) is 0 Å². The number of pyridine rings is 1. The fourth-order valence-corrected chi connectivity index (χ4v) is 2.42. The molecule has 0 spiro atoms. The fraction of sp³-hybridized carbons (Fsp3) is 0.214. The summed E-state index contributed by atoms with van der Waals surface area (Å²) in [5.41, 5.74) is 1.26. The maximum absolute atomic E-state index is 12.9. The number of anilines is 1. The first-order valence-electron chi connectivity index (χ1n) is 5.91. The lowest BCUT2D eigenvalue weighted by Crippen LogP contribution is -2.10. The van der Waals surface area contributed by atoms with Gasteiger partial charge in [0.15, 0.2) is 0 Å². The molecule has 1 unspecified atom stereocenters. The maximum Gasteiger partial charge on any atom is 0.418 e. The standard InChI is InChI=1S/C14H11F3N2/c15-14(16,17)11-3-1-2-10-8-12(19-13(10)11)9-4-6-18-7-5-9/h1-7,12,19H,8H2. The van der Waals surface area contributed by atoms with E-state index in [2.05, 4.69) is 10.3 Å². The summed E-state index contributed by atoms with van der Waals surface area (Å²) in [4.78, 5) is 3.91. The molecule has 5 heteroatoms. The number of aromatic nitrogens is 1. The Bertz CT molecular complexity index is 593. The van der Waals surface area contributed by atoms with Crippen molar-refractivity contribution in [3.8, 4) is 0 Å². The number of nitrogens with zero attached hydrogens (tertiary/aromatic N) is 1. The highest BCUT2D eigenvalue weighted by Crippen LogP contribution is 2.42. The molecule has 2 heterocycles. The third kappa shape index (κ3) is 2.16. The summed E-state index contributed by atoms with van der Waals surface area (Å²) in [5, 5.41) is 2.98. The zero-order valence-corrected chi connectivity index (χ0v) is 9.91. The first-order chi connectivity index (χ1) is 9.05. The van der Waals surface area contributed by atoms with Crippen molar-refractivity contribution in [3.05, 3.63) is 59.4 Å². The molecule has 0 saturated heterocycles. The Labute approximate surface area is 108 Å². The van der Waals surface area contributed by atoms with Crippen LogP contribution in [-0.2, 0) is 12.6 Å². The highest BCUT2D eigenvalue weighted by atomic mass is 19.4. The van der Waals surface area contributed by atoms with Gasteiger partial charge < -0.3 is 5.32 Å². The van der Waals surface area contributed by atoms with E-state index in [9.17, 15) is 13.2 Å². The average Bonchev–Trinajstić information content (AvgIpc) is 2.82. The fourth-order valence-electron chi connectivity index (χ4n) is 2.42. The second-order valence-electron chi connectivity index (χ2n) is 4.52. The van der Waals surface area contributed by atoms with E-state index in [4.69, 9.17) is 0 Å². The lowest BCUT2D eigenvalue weighted by atomic mass is 10.0. The van der Waals surface area contributed by atoms with Crippen molar-refractivity contribution < 1.29 is 13.2 Å². The molecule has 3 rings (SSSR count). The van der Waals surface area contributed by atoms with Gasteiger partial charge in [0, 0.05) is 12.4 Å². The smallest absolute Gasteiger partial charge is 0.377 e. The van der Waals surface area contributed by atoms with Crippen LogP contribution in [-0.4, -0.2) is 4.98 Å². The van der Waals surface area contributed by atoms with Crippen LogP contribution in [0.25, 0.3) is 0 Å². The minimum atomic E-state index is -4.33. The summed E-state index contributed by atoms with van der Waals surface area (Å²) in [6.45, 7) is 0. The predicted octanol–water partition coefficient (Wildman–Crippen LogP) is 3.81. The zero-order valence-electron chi connectivity index (χ0n) is 9.91. The quantitative estimate of drug-likeness (QED) is 0.847. The summed E-state index contributed by atoms with van der Waals surface area (Å²) in [6, 6.07) is 7.81. The highest BCUT2D eigenvalue weighted by Gasteiger charge is 2.37. The van der Waals surface area contributed by atoms with E-state index < -0.39 is 11.7 Å². The molecule has 2 nitrogen and oxygen atoms in total. The number of hydrogen-bond donors (Lipinski definition) is 1. The predicted molar refractivity (Wildman–Crippen MR) is 65.7 cm³/mol. The molecule has 19 heavy (non-hydrogen) atoms. The van der Waals surface area contributed by atoms with E-state index in [0.29, 0.717) is 12.0 Å². The van der Waals surface area contributed by atoms with Gasteiger partial charge in [-0.2, -0.15) is 13.2 Å². The van der Waals surface area contributed by atoms with Crippen LogP contribution in [0.15, 0.2) is 42.7 Å². The minimum Gasteiger partial charge on any atom is -0.377 e. The number of nitrogens with one attached hydrogen (secondary N) is 1. The molecule has 0 amide bonds. The zero-order chi connectivity index (χ0) is 13.5. The third-order valence-corrected chi connectivity index (χ3v) is 3.31. The average molecular weight is 264 g/mol. The van der Waals surface area contributed by atoms with Gasteiger partial charge in [0.25, 0.3) is 0 Å². The first kappa shape index (κ1) is 12.0. The molecule has 98 valence electrons. The van der Waals surface area contributed by atoms with E-state index in [1.165, 1.54) is 6.07 Å². The lowest BCUT2D eigenvalue weighted by Gasteiger charge is -2.14. The van der Waals surface area contributed by atoms with Gasteiger partial charge in [-0.25, -0.2) is 0 Å². The Kier molecular flexibility index (Phi) is 2.69. The van der Waals surface area contributed by atoms with Crippen LogP contribution in [0, 0.1) is 0 Å². The van der Waals surface area contributed by atoms with Crippen molar-refractivity contribution in [3.63, 3.8) is 0 Å². The number of hydrogen-bond acceptors (Lipinski definition) is 2. The van der Waals surface area contributed by atoms with Crippen molar-refractivity contribution in [2.45, 2.75) is 18.6 Å². The molecule has 1 N–H and O–H groups in total. The second kappa shape index (κ2) is 4.26. The third-order valence-electron chi connectivity index (χ3n) is 3.31. The van der Waals surface area contributed by atoms with E-state index in [-0.39, 0.29) is 11.7 Å². The summed E-state index contributed by atoms with van der Waals surface area (Å²) in [6.07, 6.45) is -0.482. The largest absolute Gasteiger partial charge is 0.418 e. The van der Waals surface area contributed by atoms with Gasteiger partial charge in [-0.3, -0.25) is 4.98 Å². The van der Waals surface area contributed by atoms with Crippen molar-refractivity contribution in [1.29, 1.82) is 0 Å². The number of benzene rings is 1. The molecule has 1 aromatic carbocycles. The topological polar surface area (TPSA) is 24.9 Å². The van der Waals surface area contributed by atoms with Gasteiger partial charge in [0.2, 0.25) is 0 Å². The normalized spacial score (nSPS) is 17.9. The molecule has 0 radical (unpaired) electrons. The van der Waals surface area contributed by atoms with E-state index in [1.54, 1.807) is 18.5 Å². The summed E-state index contributed by atoms with van der Waals surface area (Å²) in [5.74, 6) is 0. The molecule has 2 aromatic rings. The molecular weight excluding hydrogens is 253 g/mol. The Balaban J connectivity index is 1.97. The van der Waals surface area contributed by atoms with Crippen LogP contribution in [0.5, 0.6) is 0 Å². The number of alkyl halides is 3.